The van der Waals surface area contributed by atoms with Crippen LogP contribution in [0.15, 0.2) is 35.4 Å². The summed E-state index contributed by atoms with van der Waals surface area (Å²) in [6.45, 7) is 11.8. The minimum atomic E-state index is -0.898. The van der Waals surface area contributed by atoms with Crippen molar-refractivity contribution in [2.24, 2.45) is 11.0 Å². The monoisotopic (exact) mass is 677 g/mol. The van der Waals surface area contributed by atoms with Crippen molar-refractivity contribution in [2.75, 3.05) is 6.61 Å². The van der Waals surface area contributed by atoms with Crippen LogP contribution in [0.3, 0.4) is 0 Å². The van der Waals surface area contributed by atoms with E-state index in [4.69, 9.17) is 37.4 Å². The maximum absolute atomic E-state index is 12.9. The number of nitrogens with one attached hydrogen (secondary N) is 2. The molecule has 0 aromatic heterocycles. The third-order valence-electron chi connectivity index (χ3n) is 4.98. The maximum Gasteiger partial charge on any atom is 0.262 e. The second kappa shape index (κ2) is 15.4. The highest BCUT2D eigenvalue weighted by Crippen LogP contribution is 2.34. The average molecular weight is 678 g/mol. The van der Waals surface area contributed by atoms with Crippen LogP contribution in [0.1, 0.15) is 53.5 Å². The summed E-state index contributed by atoms with van der Waals surface area (Å²) in [5.74, 6) is 0.817. The second-order valence-corrected chi connectivity index (χ2v) is 11.2. The lowest BCUT2D eigenvalue weighted by atomic mass is 10.0. The van der Waals surface area contributed by atoms with Gasteiger partial charge in [-0.15, -0.1) is 0 Å². The van der Waals surface area contributed by atoms with E-state index in [0.29, 0.717) is 35.3 Å². The Bertz CT molecular complexity index is 1140. The van der Waals surface area contributed by atoms with Gasteiger partial charge in [0.25, 0.3) is 11.8 Å². The predicted molar refractivity (Wildman–Crippen MR) is 160 cm³/mol. The fraction of sp³-hybridized carbons (Fsp3) is 0.444. The molecule has 0 saturated heterocycles. The van der Waals surface area contributed by atoms with Crippen LogP contribution in [-0.2, 0) is 9.59 Å². The van der Waals surface area contributed by atoms with Crippen molar-refractivity contribution in [3.05, 3.63) is 49.5 Å². The topological polar surface area (TPSA) is 98.2 Å². The Morgan fingerprint density at radius 1 is 1.03 bits per heavy atom. The molecule has 0 aliphatic heterocycles. The minimum Gasteiger partial charge on any atom is -0.490 e. The number of hydrogen-bond acceptors (Lipinski definition) is 6. The highest BCUT2D eigenvalue weighted by Gasteiger charge is 2.25. The van der Waals surface area contributed by atoms with Gasteiger partial charge in [-0.1, -0.05) is 37.0 Å². The van der Waals surface area contributed by atoms with E-state index in [0.717, 1.165) is 9.13 Å². The van der Waals surface area contributed by atoms with Gasteiger partial charge in [0.2, 0.25) is 0 Å². The summed E-state index contributed by atoms with van der Waals surface area (Å²) in [4.78, 5) is 25.7. The number of ether oxygens (including phenoxy) is 3. The normalized spacial score (nSPS) is 12.9. The van der Waals surface area contributed by atoms with Crippen molar-refractivity contribution in [1.29, 1.82) is 0 Å². The van der Waals surface area contributed by atoms with Crippen molar-refractivity contribution < 1.29 is 23.8 Å². The average Bonchev–Trinajstić information content (AvgIpc) is 2.82. The molecule has 0 fully saturated rings. The van der Waals surface area contributed by atoms with E-state index in [-0.39, 0.29) is 17.0 Å². The first kappa shape index (κ1) is 32.0. The van der Waals surface area contributed by atoms with E-state index < -0.39 is 24.0 Å². The molecule has 2 rings (SSSR count). The fourth-order valence-corrected chi connectivity index (χ4v) is 4.54. The molecule has 11 heteroatoms. The Balaban J connectivity index is 2.09. The molecule has 2 amide bonds. The summed E-state index contributed by atoms with van der Waals surface area (Å²) in [5.41, 5.74) is 3.25. The van der Waals surface area contributed by atoms with Gasteiger partial charge in [0, 0.05) is 5.02 Å². The van der Waals surface area contributed by atoms with Gasteiger partial charge in [-0.25, -0.2) is 5.43 Å². The SMILES string of the molecule is CCOc1cc(/C=N\NC(=O)[C@H](CC(C)C)NC(=O)[C@@H](C)Oc2ccc(Cl)cc2Cl)cc(I)c1OC(C)C. The van der Waals surface area contributed by atoms with Crippen molar-refractivity contribution in [1.82, 2.24) is 10.7 Å². The zero-order valence-electron chi connectivity index (χ0n) is 22.3. The molecule has 0 spiro atoms. The van der Waals surface area contributed by atoms with Crippen LogP contribution in [0.2, 0.25) is 10.0 Å². The van der Waals surface area contributed by atoms with Crippen LogP contribution in [-0.4, -0.2) is 42.9 Å². The van der Waals surface area contributed by atoms with Gasteiger partial charge in [0.1, 0.15) is 11.8 Å². The molecule has 2 aromatic rings. The van der Waals surface area contributed by atoms with Gasteiger partial charge < -0.3 is 19.5 Å². The van der Waals surface area contributed by atoms with Crippen molar-refractivity contribution in [2.45, 2.75) is 66.2 Å². The van der Waals surface area contributed by atoms with E-state index in [1.54, 1.807) is 25.1 Å². The third-order valence-corrected chi connectivity index (χ3v) is 6.31. The van der Waals surface area contributed by atoms with Crippen LogP contribution in [0.4, 0.5) is 0 Å². The molecule has 2 aromatic carbocycles. The van der Waals surface area contributed by atoms with E-state index in [2.05, 4.69) is 38.4 Å². The summed E-state index contributed by atoms with van der Waals surface area (Å²) in [7, 11) is 0. The molecule has 0 unspecified atom stereocenters. The molecule has 0 heterocycles. The molecule has 38 heavy (non-hydrogen) atoms. The molecule has 2 N–H and O–H groups in total. The highest BCUT2D eigenvalue weighted by molar-refractivity contribution is 14.1. The largest absolute Gasteiger partial charge is 0.490 e. The number of rotatable bonds is 13. The van der Waals surface area contributed by atoms with Gasteiger partial charge in [-0.2, -0.15) is 5.10 Å². The van der Waals surface area contributed by atoms with E-state index in [1.165, 1.54) is 12.3 Å². The fourth-order valence-electron chi connectivity index (χ4n) is 3.33. The Labute approximate surface area is 247 Å². The molecule has 0 radical (unpaired) electrons. The third kappa shape index (κ3) is 10.1. The molecule has 0 aliphatic carbocycles. The summed E-state index contributed by atoms with van der Waals surface area (Å²) in [5, 5.41) is 7.60. The number of nitrogens with zero attached hydrogens (tertiary/aromatic N) is 1. The van der Waals surface area contributed by atoms with Crippen molar-refractivity contribution >= 4 is 63.8 Å². The molecular formula is C27H34Cl2IN3O5. The molecular weight excluding hydrogens is 644 g/mol. The molecule has 0 saturated carbocycles. The lowest BCUT2D eigenvalue weighted by Crippen LogP contribution is -2.49. The van der Waals surface area contributed by atoms with E-state index in [1.807, 2.05) is 40.7 Å². The van der Waals surface area contributed by atoms with Gasteiger partial charge in [0.05, 0.1) is 27.5 Å². The summed E-state index contributed by atoms with van der Waals surface area (Å²) in [6, 6.07) is 7.59. The van der Waals surface area contributed by atoms with Crippen LogP contribution < -0.4 is 25.0 Å². The number of carbonyl (C=O) groups is 2. The molecule has 2 atom stereocenters. The predicted octanol–water partition coefficient (Wildman–Crippen LogP) is 6.23. The zero-order chi connectivity index (χ0) is 28.4. The van der Waals surface area contributed by atoms with Crippen LogP contribution >= 0.6 is 45.8 Å². The Morgan fingerprint density at radius 2 is 1.74 bits per heavy atom. The van der Waals surface area contributed by atoms with Gasteiger partial charge >= 0.3 is 0 Å². The van der Waals surface area contributed by atoms with Crippen LogP contribution in [0.5, 0.6) is 17.2 Å². The van der Waals surface area contributed by atoms with Gasteiger partial charge in [-0.3, -0.25) is 9.59 Å². The maximum atomic E-state index is 12.9. The number of amides is 2. The number of benzene rings is 2. The first-order chi connectivity index (χ1) is 17.9. The Kier molecular flexibility index (Phi) is 12.9. The molecule has 0 aliphatic rings. The summed E-state index contributed by atoms with van der Waals surface area (Å²) in [6.07, 6.45) is 1.02. The number of halogens is 3. The molecule has 208 valence electrons. The number of hydrazone groups is 1. The summed E-state index contributed by atoms with van der Waals surface area (Å²) >= 11 is 14.2. The quantitative estimate of drug-likeness (QED) is 0.149. The Morgan fingerprint density at radius 3 is 2.34 bits per heavy atom. The van der Waals surface area contributed by atoms with Crippen molar-refractivity contribution in [3.63, 3.8) is 0 Å². The minimum absolute atomic E-state index is 0.00840. The first-order valence-electron chi connectivity index (χ1n) is 12.3. The van der Waals surface area contributed by atoms with Crippen LogP contribution in [0.25, 0.3) is 0 Å². The highest BCUT2D eigenvalue weighted by atomic mass is 127. The molecule has 8 nitrogen and oxygen atoms in total. The van der Waals surface area contributed by atoms with E-state index >= 15 is 0 Å². The lowest BCUT2D eigenvalue weighted by Gasteiger charge is -2.22. The second-order valence-electron chi connectivity index (χ2n) is 9.19. The first-order valence-corrected chi connectivity index (χ1v) is 14.1. The molecule has 0 bridgehead atoms. The Hall–Kier alpha value is -2.24. The van der Waals surface area contributed by atoms with E-state index in [9.17, 15) is 9.59 Å². The standard InChI is InChI=1S/C27H34Cl2IN3O5/c1-7-36-24-12-18(11-21(30)25(24)37-16(4)5)14-31-33-27(35)22(10-15(2)3)32-26(34)17(6)38-23-9-8-19(28)13-20(23)29/h8-9,11-17,22H,7,10H2,1-6H3,(H,32,34)(H,33,35)/b31-14-/t17-,22+/m1/s1. The zero-order valence-corrected chi connectivity index (χ0v) is 26.0. The van der Waals surface area contributed by atoms with Gasteiger partial charge in [-0.05, 0) is 98.5 Å². The number of hydrogen-bond donors (Lipinski definition) is 2. The smallest absolute Gasteiger partial charge is 0.262 e. The summed E-state index contributed by atoms with van der Waals surface area (Å²) < 4.78 is 18.2. The lowest BCUT2D eigenvalue weighted by molar-refractivity contribution is -0.132. The van der Waals surface area contributed by atoms with Crippen molar-refractivity contribution in [3.8, 4) is 17.2 Å². The number of carbonyl (C=O) groups excluding carboxylic acids is 2. The van der Waals surface area contributed by atoms with Crippen LogP contribution in [0, 0.1) is 9.49 Å². The van der Waals surface area contributed by atoms with Gasteiger partial charge in [0.15, 0.2) is 17.6 Å².